The van der Waals surface area contributed by atoms with Gasteiger partial charge in [0.25, 0.3) is 5.69 Å². The van der Waals surface area contributed by atoms with Gasteiger partial charge >= 0.3 is 6.03 Å². The van der Waals surface area contributed by atoms with Gasteiger partial charge in [0, 0.05) is 18.3 Å². The number of halogens is 1. The van der Waals surface area contributed by atoms with Crippen LogP contribution in [0.5, 0.6) is 5.75 Å². The van der Waals surface area contributed by atoms with Gasteiger partial charge in [0.15, 0.2) is 11.6 Å². The number of amides is 2. The number of nitro benzene ring substituents is 1. The van der Waals surface area contributed by atoms with Crippen LogP contribution in [0.4, 0.5) is 22.0 Å². The van der Waals surface area contributed by atoms with Crippen molar-refractivity contribution in [3.05, 3.63) is 87.6 Å². The van der Waals surface area contributed by atoms with Crippen LogP contribution in [0.2, 0.25) is 5.02 Å². The van der Waals surface area contributed by atoms with Gasteiger partial charge in [-0.05, 0) is 23.8 Å². The van der Waals surface area contributed by atoms with E-state index in [1.807, 2.05) is 30.3 Å². The standard InChI is InChI=1S/C19H15ClN4O4/c20-15-11-14(24(26)27)8-9-16(15)22-19(25)23-18-17(7-4-10-21-18)28-12-13-5-2-1-3-6-13/h1-11H,12H2,(H2,21,22,23,25). The first-order valence-corrected chi connectivity index (χ1v) is 8.54. The number of rotatable bonds is 6. The predicted molar refractivity (Wildman–Crippen MR) is 106 cm³/mol. The first-order valence-electron chi connectivity index (χ1n) is 8.16. The molecule has 2 amide bonds. The molecule has 0 bridgehead atoms. The fraction of sp³-hybridized carbons (Fsp3) is 0.0526. The number of nitrogens with zero attached hydrogens (tertiary/aromatic N) is 2. The molecule has 1 heterocycles. The number of aromatic nitrogens is 1. The topological polar surface area (TPSA) is 106 Å². The number of nitrogens with one attached hydrogen (secondary N) is 2. The summed E-state index contributed by atoms with van der Waals surface area (Å²) in [5, 5.41) is 15.9. The van der Waals surface area contributed by atoms with Gasteiger partial charge in [0.05, 0.1) is 15.6 Å². The number of benzene rings is 2. The molecule has 0 radical (unpaired) electrons. The Balaban J connectivity index is 1.66. The number of hydrogen-bond acceptors (Lipinski definition) is 5. The van der Waals surface area contributed by atoms with Crippen LogP contribution >= 0.6 is 11.6 Å². The number of ether oxygens (including phenoxy) is 1. The van der Waals surface area contributed by atoms with Crippen molar-refractivity contribution in [3.63, 3.8) is 0 Å². The summed E-state index contributed by atoms with van der Waals surface area (Å²) in [4.78, 5) is 26.6. The number of pyridine rings is 1. The number of carbonyl (C=O) groups excluding carboxylic acids is 1. The third-order valence-corrected chi connectivity index (χ3v) is 3.96. The summed E-state index contributed by atoms with van der Waals surface area (Å²) in [5.74, 6) is 0.630. The maximum absolute atomic E-state index is 12.3. The second-order valence-electron chi connectivity index (χ2n) is 5.62. The first kappa shape index (κ1) is 19.1. The molecule has 3 rings (SSSR count). The van der Waals surface area contributed by atoms with Gasteiger partial charge in [-0.1, -0.05) is 41.9 Å². The van der Waals surface area contributed by atoms with E-state index in [-0.39, 0.29) is 22.2 Å². The molecule has 0 saturated heterocycles. The van der Waals surface area contributed by atoms with Gasteiger partial charge in [0.2, 0.25) is 0 Å². The van der Waals surface area contributed by atoms with Crippen LogP contribution in [0.3, 0.4) is 0 Å². The summed E-state index contributed by atoms with van der Waals surface area (Å²) in [5.41, 5.74) is 1.03. The van der Waals surface area contributed by atoms with Crippen LogP contribution in [0.25, 0.3) is 0 Å². The summed E-state index contributed by atoms with van der Waals surface area (Å²) in [6.07, 6.45) is 1.52. The monoisotopic (exact) mass is 398 g/mol. The molecule has 28 heavy (non-hydrogen) atoms. The highest BCUT2D eigenvalue weighted by molar-refractivity contribution is 6.34. The molecule has 2 N–H and O–H groups in total. The van der Waals surface area contributed by atoms with Crippen molar-refractivity contribution in [2.45, 2.75) is 6.61 Å². The lowest BCUT2D eigenvalue weighted by atomic mass is 10.2. The van der Waals surface area contributed by atoms with Crippen LogP contribution in [0, 0.1) is 10.1 Å². The average molecular weight is 399 g/mol. The van der Waals surface area contributed by atoms with Crippen LogP contribution in [0.1, 0.15) is 5.56 Å². The zero-order chi connectivity index (χ0) is 19.9. The van der Waals surface area contributed by atoms with Gasteiger partial charge < -0.3 is 10.1 Å². The van der Waals surface area contributed by atoms with Crippen molar-refractivity contribution in [2.24, 2.45) is 0 Å². The summed E-state index contributed by atoms with van der Waals surface area (Å²) in [7, 11) is 0. The quantitative estimate of drug-likeness (QED) is 0.455. The van der Waals surface area contributed by atoms with E-state index in [0.29, 0.717) is 12.4 Å². The third kappa shape index (κ3) is 4.95. The minimum Gasteiger partial charge on any atom is -0.485 e. The van der Waals surface area contributed by atoms with Crippen molar-refractivity contribution in [1.82, 2.24) is 4.98 Å². The lowest BCUT2D eigenvalue weighted by Gasteiger charge is -2.12. The van der Waals surface area contributed by atoms with E-state index in [1.54, 1.807) is 12.1 Å². The summed E-state index contributed by atoms with van der Waals surface area (Å²) < 4.78 is 5.73. The molecular formula is C19H15ClN4O4. The molecule has 0 atom stereocenters. The Hall–Kier alpha value is -3.65. The minimum absolute atomic E-state index is 0.0471. The van der Waals surface area contributed by atoms with Gasteiger partial charge in [-0.25, -0.2) is 9.78 Å². The Kier molecular flexibility index (Phi) is 6.03. The number of carbonyl (C=O) groups is 1. The average Bonchev–Trinajstić information content (AvgIpc) is 2.69. The molecule has 0 unspecified atom stereocenters. The van der Waals surface area contributed by atoms with Crippen molar-refractivity contribution in [2.75, 3.05) is 10.6 Å². The van der Waals surface area contributed by atoms with E-state index in [4.69, 9.17) is 16.3 Å². The van der Waals surface area contributed by atoms with Crippen LogP contribution in [-0.4, -0.2) is 15.9 Å². The maximum Gasteiger partial charge on any atom is 0.324 e. The Bertz CT molecular complexity index is 998. The summed E-state index contributed by atoms with van der Waals surface area (Å²) in [6.45, 7) is 0.316. The predicted octanol–water partition coefficient (Wildman–Crippen LogP) is 4.87. The molecule has 0 aliphatic rings. The minimum atomic E-state index is -0.612. The number of non-ortho nitro benzene ring substituents is 1. The van der Waals surface area contributed by atoms with Gasteiger partial charge in [0.1, 0.15) is 6.61 Å². The van der Waals surface area contributed by atoms with E-state index < -0.39 is 11.0 Å². The molecule has 1 aromatic heterocycles. The highest BCUT2D eigenvalue weighted by Gasteiger charge is 2.13. The lowest BCUT2D eigenvalue weighted by Crippen LogP contribution is -2.20. The fourth-order valence-corrected chi connectivity index (χ4v) is 2.54. The Morgan fingerprint density at radius 2 is 1.89 bits per heavy atom. The zero-order valence-corrected chi connectivity index (χ0v) is 15.2. The Labute approximate surface area is 165 Å². The molecule has 0 aliphatic heterocycles. The van der Waals surface area contributed by atoms with Crippen molar-refractivity contribution >= 4 is 34.8 Å². The van der Waals surface area contributed by atoms with Crippen LogP contribution in [-0.2, 0) is 6.61 Å². The van der Waals surface area contributed by atoms with E-state index in [9.17, 15) is 14.9 Å². The largest absolute Gasteiger partial charge is 0.485 e. The second kappa shape index (κ2) is 8.83. The second-order valence-corrected chi connectivity index (χ2v) is 6.03. The van der Waals surface area contributed by atoms with E-state index in [0.717, 1.165) is 11.6 Å². The van der Waals surface area contributed by atoms with Gasteiger partial charge in [-0.2, -0.15) is 0 Å². The number of urea groups is 1. The normalized spacial score (nSPS) is 10.2. The molecule has 0 fully saturated rings. The highest BCUT2D eigenvalue weighted by Crippen LogP contribution is 2.27. The molecule has 3 aromatic rings. The fourth-order valence-electron chi connectivity index (χ4n) is 2.32. The first-order chi connectivity index (χ1) is 13.5. The third-order valence-electron chi connectivity index (χ3n) is 3.65. The van der Waals surface area contributed by atoms with E-state index in [2.05, 4.69) is 15.6 Å². The van der Waals surface area contributed by atoms with Gasteiger partial charge in [-0.3, -0.25) is 15.4 Å². The molecule has 0 aliphatic carbocycles. The molecule has 0 spiro atoms. The molecule has 2 aromatic carbocycles. The molecule has 0 saturated carbocycles. The maximum atomic E-state index is 12.3. The number of anilines is 2. The van der Waals surface area contributed by atoms with E-state index in [1.165, 1.54) is 18.3 Å². The van der Waals surface area contributed by atoms with Crippen LogP contribution in [0.15, 0.2) is 66.9 Å². The summed E-state index contributed by atoms with van der Waals surface area (Å²) >= 11 is 5.98. The SMILES string of the molecule is O=C(Nc1ccc([N+](=O)[O-])cc1Cl)Nc1ncccc1OCc1ccccc1. The van der Waals surface area contributed by atoms with Gasteiger partial charge in [-0.15, -0.1) is 0 Å². The molecular weight excluding hydrogens is 384 g/mol. The molecule has 142 valence electrons. The van der Waals surface area contributed by atoms with Crippen LogP contribution < -0.4 is 15.4 Å². The number of nitro groups is 1. The smallest absolute Gasteiger partial charge is 0.324 e. The van der Waals surface area contributed by atoms with Crippen molar-refractivity contribution in [1.29, 1.82) is 0 Å². The Morgan fingerprint density at radius 3 is 2.61 bits per heavy atom. The van der Waals surface area contributed by atoms with Crippen molar-refractivity contribution < 1.29 is 14.5 Å². The van der Waals surface area contributed by atoms with Crippen molar-refractivity contribution in [3.8, 4) is 5.75 Å². The number of hydrogen-bond donors (Lipinski definition) is 2. The lowest BCUT2D eigenvalue weighted by molar-refractivity contribution is -0.384. The zero-order valence-electron chi connectivity index (χ0n) is 14.5. The Morgan fingerprint density at radius 1 is 1.11 bits per heavy atom. The summed E-state index contributed by atoms with van der Waals surface area (Å²) in [6, 6.07) is 16.1. The molecule has 8 nitrogen and oxygen atoms in total. The highest BCUT2D eigenvalue weighted by atomic mass is 35.5. The molecule has 9 heteroatoms. The van der Waals surface area contributed by atoms with E-state index >= 15 is 0 Å².